The van der Waals surface area contributed by atoms with Gasteiger partial charge in [0.25, 0.3) is 5.91 Å². The number of nitrogens with zero attached hydrogens (tertiary/aromatic N) is 3. The molecule has 1 fully saturated rings. The molecule has 1 amide bonds. The van der Waals surface area contributed by atoms with Crippen LogP contribution in [0.1, 0.15) is 37.0 Å². The summed E-state index contributed by atoms with van der Waals surface area (Å²) < 4.78 is 3.35. The van der Waals surface area contributed by atoms with Crippen molar-refractivity contribution < 1.29 is 4.79 Å². The topological polar surface area (TPSA) is 71.3 Å². The van der Waals surface area contributed by atoms with Crippen LogP contribution in [-0.4, -0.2) is 32.9 Å². The fourth-order valence-corrected chi connectivity index (χ4v) is 5.15. The van der Waals surface area contributed by atoms with Gasteiger partial charge >= 0.3 is 0 Å². The van der Waals surface area contributed by atoms with E-state index >= 15 is 0 Å². The molecule has 0 spiro atoms. The van der Waals surface area contributed by atoms with Crippen LogP contribution in [0.3, 0.4) is 0 Å². The second-order valence-electron chi connectivity index (χ2n) is 9.56. The summed E-state index contributed by atoms with van der Waals surface area (Å²) in [7, 11) is 0. The Labute approximate surface area is 208 Å². The second kappa shape index (κ2) is 8.82. The van der Waals surface area contributed by atoms with Crippen LogP contribution in [0.5, 0.6) is 0 Å². The minimum Gasteiger partial charge on any atom is -0.367 e. The SMILES string of the molecule is CC(C)CNc1nc(-c2cc3ccccc3s2)cn2c(-c3ccc(C(=O)NC4CC4)cc3)cnc12. The van der Waals surface area contributed by atoms with Crippen molar-refractivity contribution in [2.75, 3.05) is 11.9 Å². The molecule has 1 aliphatic rings. The zero-order chi connectivity index (χ0) is 23.9. The van der Waals surface area contributed by atoms with Crippen LogP contribution in [0.15, 0.2) is 67.0 Å². The number of thiophene rings is 1. The zero-order valence-electron chi connectivity index (χ0n) is 19.8. The zero-order valence-corrected chi connectivity index (χ0v) is 20.6. The van der Waals surface area contributed by atoms with Gasteiger partial charge in [0.2, 0.25) is 0 Å². The van der Waals surface area contributed by atoms with Gasteiger partial charge in [0.05, 0.1) is 22.5 Å². The van der Waals surface area contributed by atoms with Gasteiger partial charge in [-0.1, -0.05) is 44.2 Å². The number of rotatable bonds is 7. The smallest absolute Gasteiger partial charge is 0.251 e. The first-order valence-electron chi connectivity index (χ1n) is 12.1. The van der Waals surface area contributed by atoms with E-state index in [1.807, 2.05) is 30.5 Å². The number of anilines is 1. The first-order valence-corrected chi connectivity index (χ1v) is 12.9. The number of amides is 1. The summed E-state index contributed by atoms with van der Waals surface area (Å²) in [4.78, 5) is 23.2. The number of benzene rings is 2. The van der Waals surface area contributed by atoms with Crippen molar-refractivity contribution >= 4 is 38.8 Å². The molecule has 1 saturated carbocycles. The van der Waals surface area contributed by atoms with Crippen molar-refractivity contribution in [2.24, 2.45) is 5.92 Å². The van der Waals surface area contributed by atoms with Gasteiger partial charge in [-0.15, -0.1) is 11.3 Å². The van der Waals surface area contributed by atoms with Crippen molar-refractivity contribution in [1.82, 2.24) is 19.7 Å². The minimum atomic E-state index is -0.00592. The molecule has 35 heavy (non-hydrogen) atoms. The Bertz CT molecular complexity index is 1500. The van der Waals surface area contributed by atoms with E-state index in [9.17, 15) is 4.79 Å². The Morgan fingerprint density at radius 2 is 1.94 bits per heavy atom. The third kappa shape index (κ3) is 4.39. The van der Waals surface area contributed by atoms with Crippen molar-refractivity contribution in [3.8, 4) is 21.8 Å². The molecule has 0 radical (unpaired) electrons. The summed E-state index contributed by atoms with van der Waals surface area (Å²) in [6.07, 6.45) is 6.10. The van der Waals surface area contributed by atoms with Crippen LogP contribution in [0.25, 0.3) is 37.6 Å². The Hall–Kier alpha value is -3.71. The summed E-state index contributed by atoms with van der Waals surface area (Å²) in [6, 6.07) is 18.7. The highest BCUT2D eigenvalue weighted by atomic mass is 32.1. The molecule has 0 aliphatic heterocycles. The van der Waals surface area contributed by atoms with Crippen molar-refractivity contribution in [3.63, 3.8) is 0 Å². The maximum absolute atomic E-state index is 12.4. The van der Waals surface area contributed by atoms with Crippen LogP contribution in [0, 0.1) is 5.92 Å². The first-order chi connectivity index (χ1) is 17.0. The van der Waals surface area contributed by atoms with E-state index in [-0.39, 0.29) is 5.91 Å². The third-order valence-electron chi connectivity index (χ3n) is 6.20. The number of nitrogens with one attached hydrogen (secondary N) is 2. The van der Waals surface area contributed by atoms with E-state index in [0.29, 0.717) is 17.5 Å². The number of carbonyl (C=O) groups is 1. The van der Waals surface area contributed by atoms with Gasteiger partial charge in [-0.2, -0.15) is 0 Å². The molecule has 5 aromatic rings. The van der Waals surface area contributed by atoms with Gasteiger partial charge in [-0.3, -0.25) is 9.20 Å². The fourth-order valence-electron chi connectivity index (χ4n) is 4.14. The second-order valence-corrected chi connectivity index (χ2v) is 10.6. The highest BCUT2D eigenvalue weighted by molar-refractivity contribution is 7.22. The number of hydrogen-bond donors (Lipinski definition) is 2. The average Bonchev–Trinajstić information content (AvgIpc) is 3.40. The number of imidazole rings is 1. The Kier molecular flexibility index (Phi) is 5.49. The Morgan fingerprint density at radius 3 is 2.69 bits per heavy atom. The van der Waals surface area contributed by atoms with Crippen LogP contribution < -0.4 is 10.6 Å². The standard InChI is InChI=1S/C28H27N5OS/c1-17(2)14-29-26-27-30-15-23(18-7-9-19(10-8-18)28(34)31-21-11-12-21)33(27)16-22(32-26)25-13-20-5-3-4-6-24(20)35-25/h3-10,13,15-17,21H,11-12,14H2,1-2H3,(H,29,32)(H,31,34). The van der Waals surface area contributed by atoms with E-state index in [1.54, 1.807) is 11.3 Å². The molecular weight excluding hydrogens is 454 g/mol. The third-order valence-corrected chi connectivity index (χ3v) is 7.34. The lowest BCUT2D eigenvalue weighted by atomic mass is 10.1. The van der Waals surface area contributed by atoms with E-state index in [0.717, 1.165) is 52.7 Å². The molecule has 2 N–H and O–H groups in total. The molecular formula is C28H27N5OS. The quantitative estimate of drug-likeness (QED) is 0.289. The van der Waals surface area contributed by atoms with Crippen LogP contribution in [-0.2, 0) is 0 Å². The van der Waals surface area contributed by atoms with Gasteiger partial charge in [0.15, 0.2) is 11.5 Å². The number of carbonyl (C=O) groups excluding carboxylic acids is 1. The fraction of sp³-hybridized carbons (Fsp3) is 0.250. The van der Waals surface area contributed by atoms with Crippen LogP contribution >= 0.6 is 11.3 Å². The largest absolute Gasteiger partial charge is 0.367 e. The molecule has 0 saturated heterocycles. The van der Waals surface area contributed by atoms with Gasteiger partial charge < -0.3 is 10.6 Å². The van der Waals surface area contributed by atoms with E-state index < -0.39 is 0 Å². The monoisotopic (exact) mass is 481 g/mol. The number of aromatic nitrogens is 3. The maximum Gasteiger partial charge on any atom is 0.251 e. The van der Waals surface area contributed by atoms with Gasteiger partial charge in [-0.25, -0.2) is 9.97 Å². The van der Waals surface area contributed by atoms with Crippen LogP contribution in [0.2, 0.25) is 0 Å². The van der Waals surface area contributed by atoms with Gasteiger partial charge in [0.1, 0.15) is 0 Å². The lowest BCUT2D eigenvalue weighted by Crippen LogP contribution is -2.25. The maximum atomic E-state index is 12.4. The summed E-state index contributed by atoms with van der Waals surface area (Å²) in [5.74, 6) is 1.25. The highest BCUT2D eigenvalue weighted by Crippen LogP contribution is 2.35. The van der Waals surface area contributed by atoms with Crippen molar-refractivity contribution in [1.29, 1.82) is 0 Å². The molecule has 2 aromatic carbocycles. The Balaban J connectivity index is 1.42. The van der Waals surface area contributed by atoms with Crippen molar-refractivity contribution in [3.05, 3.63) is 72.6 Å². The van der Waals surface area contributed by atoms with E-state index in [1.165, 1.54) is 10.1 Å². The molecule has 1 aliphatic carbocycles. The average molecular weight is 482 g/mol. The first kappa shape index (κ1) is 21.8. The molecule has 3 heterocycles. The summed E-state index contributed by atoms with van der Waals surface area (Å²) >= 11 is 1.74. The molecule has 7 heteroatoms. The summed E-state index contributed by atoms with van der Waals surface area (Å²) in [6.45, 7) is 5.17. The summed E-state index contributed by atoms with van der Waals surface area (Å²) in [5, 5.41) is 7.77. The molecule has 0 unspecified atom stereocenters. The lowest BCUT2D eigenvalue weighted by Gasteiger charge is -2.12. The van der Waals surface area contributed by atoms with Crippen molar-refractivity contribution in [2.45, 2.75) is 32.7 Å². The van der Waals surface area contributed by atoms with Gasteiger partial charge in [0, 0.05) is 34.6 Å². The number of hydrogen-bond acceptors (Lipinski definition) is 5. The number of fused-ring (bicyclic) bond motifs is 2. The summed E-state index contributed by atoms with van der Waals surface area (Å²) in [5.41, 5.74) is 4.35. The van der Waals surface area contributed by atoms with Gasteiger partial charge in [-0.05, 0) is 48.4 Å². The lowest BCUT2D eigenvalue weighted by molar-refractivity contribution is 0.0951. The molecule has 3 aromatic heterocycles. The highest BCUT2D eigenvalue weighted by Gasteiger charge is 2.24. The van der Waals surface area contributed by atoms with Crippen LogP contribution in [0.4, 0.5) is 5.82 Å². The molecule has 176 valence electrons. The molecule has 0 atom stereocenters. The Morgan fingerprint density at radius 1 is 1.14 bits per heavy atom. The van der Waals surface area contributed by atoms with E-state index in [2.05, 4.69) is 65.4 Å². The molecule has 0 bridgehead atoms. The molecule has 6 rings (SSSR count). The predicted molar refractivity (Wildman–Crippen MR) is 143 cm³/mol. The van der Waals surface area contributed by atoms with E-state index in [4.69, 9.17) is 9.97 Å². The normalized spacial score (nSPS) is 13.6. The predicted octanol–water partition coefficient (Wildman–Crippen LogP) is 6.24. The molecule has 6 nitrogen and oxygen atoms in total. The minimum absolute atomic E-state index is 0.00592.